The van der Waals surface area contributed by atoms with Crippen molar-refractivity contribution in [3.05, 3.63) is 12.2 Å². The zero-order valence-corrected chi connectivity index (χ0v) is 28.4. The van der Waals surface area contributed by atoms with Crippen LogP contribution in [0.15, 0.2) is 12.2 Å². The van der Waals surface area contributed by atoms with E-state index in [-0.39, 0.29) is 10.4 Å². The first-order chi connectivity index (χ1) is 16.6. The number of rotatable bonds is 21. The predicted octanol–water partition coefficient (Wildman–Crippen LogP) is 11.0. The van der Waals surface area contributed by atoms with Crippen LogP contribution in [0.4, 0.5) is 0 Å². The zero-order valence-electron chi connectivity index (χ0n) is 23.6. The standard InChI is InChI=1S/C28H53Cl5O2Si/c1-7-8-9-16-19-23(29)25(31)26(34)24(30)20-17-14-12-10-11-13-15-18-21-28(32,33)22-35-36(5,6)27(2,3)4/h17,20,23-26,34H,7-16,18-19,21-22H2,1-6H3/b20-17-/t23-,24-,25-,26+/m1/s1. The van der Waals surface area contributed by atoms with E-state index >= 15 is 0 Å². The summed E-state index contributed by atoms with van der Waals surface area (Å²) in [5.74, 6) is 0. The van der Waals surface area contributed by atoms with Crippen LogP contribution in [0.2, 0.25) is 18.1 Å². The Morgan fingerprint density at radius 3 is 2.00 bits per heavy atom. The maximum Gasteiger partial charge on any atom is 0.192 e. The van der Waals surface area contributed by atoms with Crippen molar-refractivity contribution in [2.75, 3.05) is 6.61 Å². The second-order valence-electron chi connectivity index (χ2n) is 11.7. The fourth-order valence-electron chi connectivity index (χ4n) is 3.58. The van der Waals surface area contributed by atoms with Gasteiger partial charge in [0.2, 0.25) is 0 Å². The van der Waals surface area contributed by atoms with Crippen molar-refractivity contribution >= 4 is 66.3 Å². The van der Waals surface area contributed by atoms with Crippen LogP contribution in [0.5, 0.6) is 0 Å². The number of unbranched alkanes of at least 4 members (excludes halogenated alkanes) is 9. The first kappa shape index (κ1) is 37.3. The van der Waals surface area contributed by atoms with Gasteiger partial charge in [-0.2, -0.15) is 0 Å². The Morgan fingerprint density at radius 1 is 0.861 bits per heavy atom. The monoisotopic (exact) mass is 624 g/mol. The van der Waals surface area contributed by atoms with Gasteiger partial charge in [-0.1, -0.05) is 121 Å². The van der Waals surface area contributed by atoms with Crippen LogP contribution < -0.4 is 0 Å². The molecule has 0 radical (unpaired) electrons. The normalized spacial score (nSPS) is 16.9. The maximum atomic E-state index is 10.4. The smallest absolute Gasteiger partial charge is 0.192 e. The van der Waals surface area contributed by atoms with Crippen molar-refractivity contribution in [1.82, 2.24) is 0 Å². The Kier molecular flexibility index (Phi) is 20.1. The van der Waals surface area contributed by atoms with E-state index in [1.54, 1.807) is 0 Å². The van der Waals surface area contributed by atoms with Gasteiger partial charge in [-0.3, -0.25) is 0 Å². The van der Waals surface area contributed by atoms with Crippen molar-refractivity contribution < 1.29 is 9.53 Å². The number of hydrogen-bond acceptors (Lipinski definition) is 2. The summed E-state index contributed by atoms with van der Waals surface area (Å²) in [5.41, 5.74) is 0. The van der Waals surface area contributed by atoms with E-state index in [2.05, 4.69) is 40.8 Å². The molecule has 0 aromatic rings. The van der Waals surface area contributed by atoms with Crippen molar-refractivity contribution in [3.63, 3.8) is 0 Å². The van der Waals surface area contributed by atoms with Gasteiger partial charge in [-0.15, -0.1) is 34.8 Å². The Morgan fingerprint density at radius 2 is 1.42 bits per heavy atom. The summed E-state index contributed by atoms with van der Waals surface area (Å²) in [4.78, 5) is 0. The van der Waals surface area contributed by atoms with Crippen LogP contribution in [0.25, 0.3) is 0 Å². The Bertz CT molecular complexity index is 581. The average Bonchev–Trinajstić information content (AvgIpc) is 2.79. The molecule has 0 aromatic carbocycles. The van der Waals surface area contributed by atoms with E-state index in [9.17, 15) is 5.11 Å². The second kappa shape index (κ2) is 19.4. The van der Waals surface area contributed by atoms with Gasteiger partial charge < -0.3 is 9.53 Å². The largest absolute Gasteiger partial charge is 0.414 e. The van der Waals surface area contributed by atoms with Crippen LogP contribution in [0.1, 0.15) is 111 Å². The summed E-state index contributed by atoms with van der Waals surface area (Å²) in [6, 6.07) is 0. The summed E-state index contributed by atoms with van der Waals surface area (Å²) < 4.78 is 5.40. The maximum absolute atomic E-state index is 10.4. The molecule has 0 heterocycles. The molecule has 4 atom stereocenters. The number of alkyl halides is 5. The topological polar surface area (TPSA) is 29.5 Å². The molecule has 0 aliphatic carbocycles. The molecule has 1 N–H and O–H groups in total. The molecule has 0 aromatic heterocycles. The molecule has 36 heavy (non-hydrogen) atoms. The lowest BCUT2D eigenvalue weighted by atomic mass is 10.0. The number of halogens is 5. The highest BCUT2D eigenvalue weighted by Gasteiger charge is 2.39. The van der Waals surface area contributed by atoms with Crippen molar-refractivity contribution in [2.45, 2.75) is 156 Å². The minimum atomic E-state index is -1.83. The fraction of sp³-hybridized carbons (Fsp3) is 0.929. The second-order valence-corrected chi connectivity index (χ2v) is 19.8. The van der Waals surface area contributed by atoms with E-state index in [4.69, 9.17) is 62.4 Å². The van der Waals surface area contributed by atoms with Crippen molar-refractivity contribution in [2.24, 2.45) is 0 Å². The number of aliphatic hydroxyl groups is 1. The van der Waals surface area contributed by atoms with Gasteiger partial charge in [-0.25, -0.2) is 0 Å². The fourth-order valence-corrected chi connectivity index (χ4v) is 6.10. The molecule has 0 saturated heterocycles. The molecule has 0 bridgehead atoms. The minimum absolute atomic E-state index is 0.157. The summed E-state index contributed by atoms with van der Waals surface area (Å²) in [6.45, 7) is 13.7. The molecule has 0 saturated carbocycles. The third-order valence-electron chi connectivity index (χ3n) is 7.27. The number of hydrogen-bond donors (Lipinski definition) is 1. The van der Waals surface area contributed by atoms with Gasteiger partial charge >= 0.3 is 0 Å². The summed E-state index contributed by atoms with van der Waals surface area (Å²) >= 11 is 32.1. The summed E-state index contributed by atoms with van der Waals surface area (Å²) in [6.07, 6.45) is 16.9. The lowest BCUT2D eigenvalue weighted by Crippen LogP contribution is -2.43. The molecule has 0 amide bonds. The number of aliphatic hydroxyl groups excluding tert-OH is 1. The van der Waals surface area contributed by atoms with Gasteiger partial charge in [-0.05, 0) is 43.8 Å². The molecule has 0 unspecified atom stereocenters. The van der Waals surface area contributed by atoms with E-state index < -0.39 is 29.5 Å². The average molecular weight is 627 g/mol. The highest BCUT2D eigenvalue weighted by Crippen LogP contribution is 2.39. The lowest BCUT2D eigenvalue weighted by molar-refractivity contribution is 0.172. The Hall–Kier alpha value is 1.33. The van der Waals surface area contributed by atoms with Crippen LogP contribution in [-0.2, 0) is 4.43 Å². The number of allylic oxidation sites excluding steroid dienone is 1. The third-order valence-corrected chi connectivity index (χ3v) is 13.9. The van der Waals surface area contributed by atoms with Crippen LogP contribution in [0, 0.1) is 0 Å². The van der Waals surface area contributed by atoms with Gasteiger partial charge in [0, 0.05) is 0 Å². The molecular formula is C28H53Cl5O2Si. The van der Waals surface area contributed by atoms with Crippen LogP contribution in [0.3, 0.4) is 0 Å². The quantitative estimate of drug-likeness (QED) is 0.0594. The van der Waals surface area contributed by atoms with Crippen LogP contribution in [-0.4, -0.2) is 46.6 Å². The molecule has 2 nitrogen and oxygen atoms in total. The van der Waals surface area contributed by atoms with Gasteiger partial charge in [0.25, 0.3) is 0 Å². The molecule has 0 rings (SSSR count). The first-order valence-electron chi connectivity index (χ1n) is 13.9. The molecule has 0 aliphatic rings. The molecular weight excluding hydrogens is 574 g/mol. The van der Waals surface area contributed by atoms with E-state index in [0.717, 1.165) is 51.4 Å². The van der Waals surface area contributed by atoms with Gasteiger partial charge in [0.1, 0.15) is 4.33 Å². The first-order valence-corrected chi connectivity index (χ1v) is 18.9. The van der Waals surface area contributed by atoms with E-state index in [0.29, 0.717) is 6.61 Å². The van der Waals surface area contributed by atoms with Gasteiger partial charge in [0.15, 0.2) is 8.32 Å². The molecule has 0 spiro atoms. The Labute approximate surface area is 249 Å². The SMILES string of the molecule is CCCCCC[C@@H](Cl)[C@@H](Cl)[C@@H](O)[C@H](Cl)/C=C\CCCCCCCCC(Cl)(Cl)CO[Si](C)(C)C(C)(C)C. The summed E-state index contributed by atoms with van der Waals surface area (Å²) in [5, 5.41) is 9.26. The minimum Gasteiger partial charge on any atom is -0.414 e. The van der Waals surface area contributed by atoms with E-state index in [1.807, 2.05) is 12.2 Å². The third kappa shape index (κ3) is 17.1. The highest BCUT2D eigenvalue weighted by molar-refractivity contribution is 6.74. The Balaban J connectivity index is 3.96. The van der Waals surface area contributed by atoms with E-state index in [1.165, 1.54) is 32.1 Å². The zero-order chi connectivity index (χ0) is 27.8. The van der Waals surface area contributed by atoms with Crippen LogP contribution >= 0.6 is 58.0 Å². The highest BCUT2D eigenvalue weighted by atomic mass is 35.5. The lowest BCUT2D eigenvalue weighted by Gasteiger charge is -2.37. The van der Waals surface area contributed by atoms with Crippen molar-refractivity contribution in [1.29, 1.82) is 0 Å². The molecule has 0 aliphatic heterocycles. The molecule has 8 heteroatoms. The predicted molar refractivity (Wildman–Crippen MR) is 167 cm³/mol. The molecule has 216 valence electrons. The summed E-state index contributed by atoms with van der Waals surface area (Å²) in [7, 11) is -1.83. The molecule has 0 fully saturated rings. The van der Waals surface area contributed by atoms with Gasteiger partial charge in [0.05, 0.1) is 28.8 Å². The van der Waals surface area contributed by atoms with Crippen molar-refractivity contribution in [3.8, 4) is 0 Å².